The highest BCUT2D eigenvalue weighted by Crippen LogP contribution is 2.00. The average molecular weight is 144 g/mol. The summed E-state index contributed by atoms with van der Waals surface area (Å²) in [6.45, 7) is 6.32. The van der Waals surface area contributed by atoms with Crippen molar-refractivity contribution >= 4 is 5.97 Å². The molecule has 0 unspecified atom stereocenters. The van der Waals surface area contributed by atoms with Crippen molar-refractivity contribution in [2.45, 2.75) is 19.4 Å². The van der Waals surface area contributed by atoms with Gasteiger partial charge in [0.15, 0.2) is 0 Å². The molecule has 0 aromatic heterocycles. The van der Waals surface area contributed by atoms with Crippen molar-refractivity contribution in [2.24, 2.45) is 0 Å². The maximum atomic E-state index is 10.4. The van der Waals surface area contributed by atoms with Gasteiger partial charge in [-0.3, -0.25) is 0 Å². The molecule has 0 fully saturated rings. The van der Waals surface area contributed by atoms with E-state index in [1.165, 1.54) is 0 Å². The Labute approximate surface area is 60.3 Å². The zero-order valence-electron chi connectivity index (χ0n) is 6.26. The summed E-state index contributed by atoms with van der Waals surface area (Å²) in [6, 6.07) is 0. The standard InChI is InChI=1S/C7H12O3/c1-4-6(8)10-5-7(2,3)9/h4,9H,1,5H2,2-3H3. The summed E-state index contributed by atoms with van der Waals surface area (Å²) in [4.78, 5) is 10.4. The van der Waals surface area contributed by atoms with Gasteiger partial charge in [-0.2, -0.15) is 0 Å². The van der Waals surface area contributed by atoms with Crippen LogP contribution >= 0.6 is 0 Å². The monoisotopic (exact) mass is 144 g/mol. The number of esters is 1. The van der Waals surface area contributed by atoms with E-state index in [9.17, 15) is 4.79 Å². The summed E-state index contributed by atoms with van der Waals surface area (Å²) in [5.41, 5.74) is -0.960. The van der Waals surface area contributed by atoms with Crippen LogP contribution in [-0.2, 0) is 9.53 Å². The van der Waals surface area contributed by atoms with Crippen LogP contribution in [-0.4, -0.2) is 23.3 Å². The number of hydrogen-bond acceptors (Lipinski definition) is 3. The molecule has 0 saturated heterocycles. The predicted molar refractivity (Wildman–Crippen MR) is 37.5 cm³/mol. The smallest absolute Gasteiger partial charge is 0.330 e. The molecular formula is C7H12O3. The number of rotatable bonds is 3. The molecule has 0 spiro atoms. The molecule has 0 aliphatic heterocycles. The van der Waals surface area contributed by atoms with Gasteiger partial charge < -0.3 is 9.84 Å². The van der Waals surface area contributed by atoms with Crippen molar-refractivity contribution in [3.63, 3.8) is 0 Å². The van der Waals surface area contributed by atoms with E-state index < -0.39 is 11.6 Å². The van der Waals surface area contributed by atoms with Gasteiger partial charge in [-0.15, -0.1) is 0 Å². The largest absolute Gasteiger partial charge is 0.460 e. The van der Waals surface area contributed by atoms with Crippen LogP contribution < -0.4 is 0 Å². The van der Waals surface area contributed by atoms with Gasteiger partial charge in [0.1, 0.15) is 6.61 Å². The third kappa shape index (κ3) is 5.31. The molecule has 0 rings (SSSR count). The molecule has 0 aromatic carbocycles. The molecule has 3 heteroatoms. The van der Waals surface area contributed by atoms with Crippen LogP contribution in [0.2, 0.25) is 0 Å². The molecule has 0 aliphatic rings. The van der Waals surface area contributed by atoms with Crippen LogP contribution in [0.15, 0.2) is 12.7 Å². The van der Waals surface area contributed by atoms with Crippen LogP contribution in [0, 0.1) is 0 Å². The Morgan fingerprint density at radius 1 is 1.80 bits per heavy atom. The third-order valence-corrected chi connectivity index (χ3v) is 0.734. The Morgan fingerprint density at radius 3 is 2.60 bits per heavy atom. The van der Waals surface area contributed by atoms with Gasteiger partial charge in [0, 0.05) is 6.08 Å². The minimum Gasteiger partial charge on any atom is -0.460 e. The highest BCUT2D eigenvalue weighted by molar-refractivity contribution is 5.81. The average Bonchev–Trinajstić information content (AvgIpc) is 1.81. The number of hydrogen-bond donors (Lipinski definition) is 1. The predicted octanol–water partition coefficient (Wildman–Crippen LogP) is 0.486. The first-order valence-electron chi connectivity index (χ1n) is 2.97. The van der Waals surface area contributed by atoms with Crippen molar-refractivity contribution in [2.75, 3.05) is 6.61 Å². The van der Waals surface area contributed by atoms with E-state index in [0.29, 0.717) is 0 Å². The molecule has 0 aromatic rings. The molecule has 0 radical (unpaired) electrons. The first-order chi connectivity index (χ1) is 4.45. The van der Waals surface area contributed by atoms with Gasteiger partial charge in [0.05, 0.1) is 5.60 Å². The second-order valence-corrected chi connectivity index (χ2v) is 2.62. The maximum Gasteiger partial charge on any atom is 0.330 e. The quantitative estimate of drug-likeness (QED) is 0.463. The lowest BCUT2D eigenvalue weighted by molar-refractivity contribution is -0.143. The lowest BCUT2D eigenvalue weighted by atomic mass is 10.2. The van der Waals surface area contributed by atoms with Crippen LogP contribution in [0.25, 0.3) is 0 Å². The van der Waals surface area contributed by atoms with Gasteiger partial charge in [0.25, 0.3) is 0 Å². The van der Waals surface area contributed by atoms with E-state index in [0.717, 1.165) is 6.08 Å². The zero-order valence-corrected chi connectivity index (χ0v) is 6.26. The molecule has 3 nitrogen and oxygen atoms in total. The second kappa shape index (κ2) is 3.37. The van der Waals surface area contributed by atoms with Crippen LogP contribution in [0.1, 0.15) is 13.8 Å². The Kier molecular flexibility index (Phi) is 3.09. The SMILES string of the molecule is C=CC(=O)OCC(C)(C)O. The van der Waals surface area contributed by atoms with Crippen molar-refractivity contribution in [1.29, 1.82) is 0 Å². The number of carbonyl (C=O) groups excluding carboxylic acids is 1. The Hall–Kier alpha value is -0.830. The Balaban J connectivity index is 3.55. The zero-order chi connectivity index (χ0) is 8.20. The highest BCUT2D eigenvalue weighted by atomic mass is 16.5. The van der Waals surface area contributed by atoms with Crippen molar-refractivity contribution in [1.82, 2.24) is 0 Å². The lowest BCUT2D eigenvalue weighted by Crippen LogP contribution is -2.27. The van der Waals surface area contributed by atoms with Gasteiger partial charge in [-0.1, -0.05) is 6.58 Å². The van der Waals surface area contributed by atoms with E-state index >= 15 is 0 Å². The fourth-order valence-electron chi connectivity index (χ4n) is 0.307. The van der Waals surface area contributed by atoms with E-state index in [2.05, 4.69) is 11.3 Å². The highest BCUT2D eigenvalue weighted by Gasteiger charge is 2.13. The molecule has 0 aliphatic carbocycles. The fourth-order valence-corrected chi connectivity index (χ4v) is 0.307. The summed E-state index contributed by atoms with van der Waals surface area (Å²) in [5.74, 6) is -0.512. The van der Waals surface area contributed by atoms with E-state index in [-0.39, 0.29) is 6.61 Å². The summed E-state index contributed by atoms with van der Waals surface area (Å²) in [6.07, 6.45) is 1.06. The van der Waals surface area contributed by atoms with Crippen LogP contribution in [0.3, 0.4) is 0 Å². The molecule has 58 valence electrons. The normalized spacial score (nSPS) is 10.7. The van der Waals surface area contributed by atoms with Crippen LogP contribution in [0.4, 0.5) is 0 Å². The summed E-state index contributed by atoms with van der Waals surface area (Å²) in [5, 5.41) is 9.05. The Morgan fingerprint density at radius 2 is 2.30 bits per heavy atom. The minimum atomic E-state index is -0.960. The maximum absolute atomic E-state index is 10.4. The van der Waals surface area contributed by atoms with E-state index in [1.807, 2.05) is 0 Å². The minimum absolute atomic E-state index is 0.00213. The molecule has 0 amide bonds. The third-order valence-electron chi connectivity index (χ3n) is 0.734. The van der Waals surface area contributed by atoms with Gasteiger partial charge >= 0.3 is 5.97 Å². The Bertz CT molecular complexity index is 132. The number of carbonyl (C=O) groups is 1. The summed E-state index contributed by atoms with van der Waals surface area (Å²) < 4.78 is 4.55. The summed E-state index contributed by atoms with van der Waals surface area (Å²) >= 11 is 0. The van der Waals surface area contributed by atoms with E-state index in [4.69, 9.17) is 5.11 Å². The lowest BCUT2D eigenvalue weighted by Gasteiger charge is -2.15. The van der Waals surface area contributed by atoms with Crippen LogP contribution in [0.5, 0.6) is 0 Å². The van der Waals surface area contributed by atoms with Gasteiger partial charge in [-0.25, -0.2) is 4.79 Å². The second-order valence-electron chi connectivity index (χ2n) is 2.62. The van der Waals surface area contributed by atoms with Gasteiger partial charge in [-0.05, 0) is 13.8 Å². The number of ether oxygens (including phenoxy) is 1. The topological polar surface area (TPSA) is 46.5 Å². The molecule has 0 bridgehead atoms. The number of aliphatic hydroxyl groups is 1. The molecule has 1 N–H and O–H groups in total. The molecular weight excluding hydrogens is 132 g/mol. The molecule has 10 heavy (non-hydrogen) atoms. The first kappa shape index (κ1) is 9.17. The molecule has 0 heterocycles. The van der Waals surface area contributed by atoms with E-state index in [1.54, 1.807) is 13.8 Å². The molecule has 0 saturated carbocycles. The molecule has 0 atom stereocenters. The summed E-state index contributed by atoms with van der Waals surface area (Å²) in [7, 11) is 0. The van der Waals surface area contributed by atoms with Gasteiger partial charge in [0.2, 0.25) is 0 Å². The first-order valence-corrected chi connectivity index (χ1v) is 2.97. The van der Waals surface area contributed by atoms with Crippen molar-refractivity contribution in [3.05, 3.63) is 12.7 Å². The van der Waals surface area contributed by atoms with Crippen molar-refractivity contribution in [3.8, 4) is 0 Å². The van der Waals surface area contributed by atoms with Crippen molar-refractivity contribution < 1.29 is 14.6 Å². The fraction of sp³-hybridized carbons (Fsp3) is 0.571.